The summed E-state index contributed by atoms with van der Waals surface area (Å²) in [6.07, 6.45) is 0. The lowest BCUT2D eigenvalue weighted by Crippen LogP contribution is -2.14. The van der Waals surface area contributed by atoms with Gasteiger partial charge in [-0.25, -0.2) is 8.42 Å². The molecule has 9 heteroatoms. The van der Waals surface area contributed by atoms with Crippen LogP contribution < -0.4 is 9.46 Å². The molecule has 26 heavy (non-hydrogen) atoms. The standard InChI is InChI=1S/C17H16ClN3O4S/c1-3-26(22,23)21-13-7-4-11(5-8-13)16-19-17(25-20-16)14-9-6-12(18)10-15(14)24-2/h4-10,21H,3H2,1-2H3. The van der Waals surface area contributed by atoms with Gasteiger partial charge < -0.3 is 9.26 Å². The van der Waals surface area contributed by atoms with Gasteiger partial charge in [-0.15, -0.1) is 0 Å². The van der Waals surface area contributed by atoms with Crippen molar-refractivity contribution in [1.82, 2.24) is 10.1 Å². The van der Waals surface area contributed by atoms with Crippen molar-refractivity contribution in [2.45, 2.75) is 6.92 Å². The first-order valence-corrected chi connectivity index (χ1v) is 9.73. The van der Waals surface area contributed by atoms with Crippen LogP contribution in [-0.4, -0.2) is 31.4 Å². The normalized spacial score (nSPS) is 11.3. The highest BCUT2D eigenvalue weighted by Gasteiger charge is 2.15. The highest BCUT2D eigenvalue weighted by molar-refractivity contribution is 7.92. The number of benzene rings is 2. The molecular weight excluding hydrogens is 378 g/mol. The Morgan fingerprint density at radius 3 is 2.58 bits per heavy atom. The van der Waals surface area contributed by atoms with Crippen molar-refractivity contribution in [3.63, 3.8) is 0 Å². The lowest BCUT2D eigenvalue weighted by molar-refractivity contribution is 0.405. The molecule has 0 aliphatic carbocycles. The van der Waals surface area contributed by atoms with Gasteiger partial charge in [-0.3, -0.25) is 4.72 Å². The van der Waals surface area contributed by atoms with E-state index < -0.39 is 10.0 Å². The van der Waals surface area contributed by atoms with Gasteiger partial charge in [-0.05, 0) is 49.4 Å². The summed E-state index contributed by atoms with van der Waals surface area (Å²) >= 11 is 5.96. The van der Waals surface area contributed by atoms with Gasteiger partial charge in [0, 0.05) is 16.3 Å². The molecule has 2 aromatic carbocycles. The van der Waals surface area contributed by atoms with Crippen LogP contribution in [0.5, 0.6) is 5.75 Å². The van der Waals surface area contributed by atoms with Gasteiger partial charge in [0.15, 0.2) is 0 Å². The first kappa shape index (κ1) is 18.2. The van der Waals surface area contributed by atoms with Crippen LogP contribution in [0.1, 0.15) is 6.92 Å². The molecule has 136 valence electrons. The summed E-state index contributed by atoms with van der Waals surface area (Å²) in [6, 6.07) is 11.8. The third kappa shape index (κ3) is 3.97. The first-order valence-electron chi connectivity index (χ1n) is 7.70. The quantitative estimate of drug-likeness (QED) is 0.684. The SMILES string of the molecule is CCS(=O)(=O)Nc1ccc(-c2noc(-c3ccc(Cl)cc3OC)n2)cc1. The molecule has 0 aliphatic rings. The van der Waals surface area contributed by atoms with Gasteiger partial charge >= 0.3 is 0 Å². The summed E-state index contributed by atoms with van der Waals surface area (Å²) in [6.45, 7) is 1.57. The summed E-state index contributed by atoms with van der Waals surface area (Å²) < 4.78 is 36.3. The fourth-order valence-electron chi connectivity index (χ4n) is 2.23. The van der Waals surface area contributed by atoms with Crippen LogP contribution in [0.4, 0.5) is 5.69 Å². The van der Waals surface area contributed by atoms with Crippen LogP contribution in [0.2, 0.25) is 5.02 Å². The van der Waals surface area contributed by atoms with Crippen LogP contribution in [0, 0.1) is 0 Å². The van der Waals surface area contributed by atoms with Crippen LogP contribution in [0.15, 0.2) is 47.0 Å². The molecule has 0 fully saturated rings. The van der Waals surface area contributed by atoms with Crippen LogP contribution >= 0.6 is 11.6 Å². The highest BCUT2D eigenvalue weighted by atomic mass is 35.5. The maximum Gasteiger partial charge on any atom is 0.262 e. The minimum Gasteiger partial charge on any atom is -0.496 e. The molecule has 7 nitrogen and oxygen atoms in total. The van der Waals surface area contributed by atoms with Crippen LogP contribution in [0.25, 0.3) is 22.8 Å². The minimum atomic E-state index is -3.32. The third-order valence-electron chi connectivity index (χ3n) is 3.62. The first-order chi connectivity index (χ1) is 12.4. The number of halogens is 1. The fourth-order valence-corrected chi connectivity index (χ4v) is 3.03. The Labute approximate surface area is 156 Å². The number of sulfonamides is 1. The van der Waals surface area contributed by atoms with E-state index >= 15 is 0 Å². The van der Waals surface area contributed by atoms with Crippen molar-refractivity contribution in [2.75, 3.05) is 17.6 Å². The Kier molecular flexibility index (Phi) is 5.15. The van der Waals surface area contributed by atoms with E-state index in [1.165, 1.54) is 7.11 Å². The van der Waals surface area contributed by atoms with E-state index in [0.717, 1.165) is 0 Å². The summed E-state index contributed by atoms with van der Waals surface area (Å²) in [4.78, 5) is 4.37. The van der Waals surface area contributed by atoms with Gasteiger partial charge in [-0.2, -0.15) is 4.98 Å². The molecule has 0 unspecified atom stereocenters. The summed E-state index contributed by atoms with van der Waals surface area (Å²) in [5.74, 6) is 1.20. The molecule has 0 bridgehead atoms. The highest BCUT2D eigenvalue weighted by Crippen LogP contribution is 2.32. The smallest absolute Gasteiger partial charge is 0.262 e. The monoisotopic (exact) mass is 393 g/mol. The third-order valence-corrected chi connectivity index (χ3v) is 5.16. The van der Waals surface area contributed by atoms with E-state index in [1.54, 1.807) is 49.4 Å². The molecule has 1 N–H and O–H groups in total. The Morgan fingerprint density at radius 1 is 1.19 bits per heavy atom. The zero-order chi connectivity index (χ0) is 18.7. The van der Waals surface area contributed by atoms with E-state index in [9.17, 15) is 8.42 Å². The van der Waals surface area contributed by atoms with Gasteiger partial charge in [0.05, 0.1) is 18.4 Å². The molecule has 0 atom stereocenters. The van der Waals surface area contributed by atoms with Gasteiger partial charge in [-0.1, -0.05) is 16.8 Å². The molecule has 0 saturated carbocycles. The average Bonchev–Trinajstić information content (AvgIpc) is 3.11. The Bertz CT molecular complexity index is 1020. The maximum atomic E-state index is 11.6. The molecule has 1 heterocycles. The van der Waals surface area contributed by atoms with Crippen molar-refractivity contribution in [3.8, 4) is 28.6 Å². The number of nitrogens with one attached hydrogen (secondary N) is 1. The van der Waals surface area contributed by atoms with Gasteiger partial charge in [0.25, 0.3) is 5.89 Å². The number of anilines is 1. The second kappa shape index (κ2) is 7.35. The van der Waals surface area contributed by atoms with E-state index in [2.05, 4.69) is 14.9 Å². The number of aromatic nitrogens is 2. The molecule has 0 amide bonds. The van der Waals surface area contributed by atoms with Crippen molar-refractivity contribution < 1.29 is 17.7 Å². The second-order valence-electron chi connectivity index (χ2n) is 5.35. The van der Waals surface area contributed by atoms with E-state index in [4.69, 9.17) is 20.9 Å². The largest absolute Gasteiger partial charge is 0.496 e. The van der Waals surface area contributed by atoms with Gasteiger partial charge in [0.1, 0.15) is 5.75 Å². The minimum absolute atomic E-state index is 0.00583. The lowest BCUT2D eigenvalue weighted by Gasteiger charge is -2.05. The Balaban J connectivity index is 1.86. The Morgan fingerprint density at radius 2 is 1.92 bits per heavy atom. The lowest BCUT2D eigenvalue weighted by atomic mass is 10.2. The molecule has 0 spiro atoms. The number of methoxy groups -OCH3 is 1. The van der Waals surface area contributed by atoms with Gasteiger partial charge in [0.2, 0.25) is 15.8 Å². The Hall–Kier alpha value is -2.58. The average molecular weight is 394 g/mol. The van der Waals surface area contributed by atoms with Crippen molar-refractivity contribution in [1.29, 1.82) is 0 Å². The molecular formula is C17H16ClN3O4S. The molecule has 0 aliphatic heterocycles. The zero-order valence-corrected chi connectivity index (χ0v) is 15.6. The summed E-state index contributed by atoms with van der Waals surface area (Å²) in [5, 5.41) is 4.51. The molecule has 3 aromatic rings. The summed E-state index contributed by atoms with van der Waals surface area (Å²) in [5.41, 5.74) is 1.79. The van der Waals surface area contributed by atoms with Crippen LogP contribution in [-0.2, 0) is 10.0 Å². The zero-order valence-electron chi connectivity index (χ0n) is 14.1. The number of nitrogens with zero attached hydrogens (tertiary/aromatic N) is 2. The molecule has 0 radical (unpaired) electrons. The summed E-state index contributed by atoms with van der Waals surface area (Å²) in [7, 11) is -1.79. The van der Waals surface area contributed by atoms with E-state index in [-0.39, 0.29) is 5.75 Å². The molecule has 1 aromatic heterocycles. The van der Waals surface area contributed by atoms with Crippen LogP contribution in [0.3, 0.4) is 0 Å². The number of ether oxygens (including phenoxy) is 1. The van der Waals surface area contributed by atoms with E-state index in [1.807, 2.05) is 0 Å². The number of hydrogen-bond acceptors (Lipinski definition) is 6. The van der Waals surface area contributed by atoms with Crippen molar-refractivity contribution in [3.05, 3.63) is 47.5 Å². The fraction of sp³-hybridized carbons (Fsp3) is 0.176. The molecule has 3 rings (SSSR count). The molecule has 0 saturated heterocycles. The predicted octanol–water partition coefficient (Wildman–Crippen LogP) is 3.83. The maximum absolute atomic E-state index is 11.6. The topological polar surface area (TPSA) is 94.3 Å². The van der Waals surface area contributed by atoms with Crippen molar-refractivity contribution >= 4 is 27.3 Å². The number of rotatable bonds is 6. The van der Waals surface area contributed by atoms with Crippen molar-refractivity contribution in [2.24, 2.45) is 0 Å². The second-order valence-corrected chi connectivity index (χ2v) is 7.80. The predicted molar refractivity (Wildman–Crippen MR) is 99.8 cm³/mol. The van der Waals surface area contributed by atoms with E-state index in [0.29, 0.717) is 39.3 Å². The number of hydrogen-bond donors (Lipinski definition) is 1.